The van der Waals surface area contributed by atoms with Gasteiger partial charge in [0, 0.05) is 26.2 Å². The lowest BCUT2D eigenvalue weighted by Crippen LogP contribution is -2.55. The molecule has 116 valence electrons. The summed E-state index contributed by atoms with van der Waals surface area (Å²) in [5.41, 5.74) is 5.87. The zero-order valence-electron chi connectivity index (χ0n) is 12.8. The minimum absolute atomic E-state index is 0.0287. The first kappa shape index (κ1) is 16.8. The third-order valence-electron chi connectivity index (χ3n) is 3.58. The number of hydrogen-bond donors (Lipinski definition) is 1. The fraction of sp³-hybridized carbons (Fsp3) is 0.857. The van der Waals surface area contributed by atoms with E-state index in [0.717, 1.165) is 12.8 Å². The summed E-state index contributed by atoms with van der Waals surface area (Å²) in [5.74, 6) is 0.0959. The second-order valence-electron chi connectivity index (χ2n) is 5.55. The molecule has 6 heteroatoms. The maximum Gasteiger partial charge on any atom is 0.409 e. The largest absolute Gasteiger partial charge is 0.449 e. The second-order valence-corrected chi connectivity index (χ2v) is 5.55. The highest BCUT2D eigenvalue weighted by Crippen LogP contribution is 2.09. The van der Waals surface area contributed by atoms with E-state index < -0.39 is 6.04 Å². The van der Waals surface area contributed by atoms with Crippen molar-refractivity contribution in [3.8, 4) is 0 Å². The number of ether oxygens (including phenoxy) is 1. The maximum atomic E-state index is 12.1. The highest BCUT2D eigenvalue weighted by molar-refractivity contribution is 5.82. The maximum absolute atomic E-state index is 12.1. The Balaban J connectivity index is 2.36. The molecule has 20 heavy (non-hydrogen) atoms. The summed E-state index contributed by atoms with van der Waals surface area (Å²) in [5, 5.41) is 0. The van der Waals surface area contributed by atoms with Crippen LogP contribution in [-0.4, -0.2) is 60.6 Å². The van der Waals surface area contributed by atoms with Crippen LogP contribution in [-0.2, 0) is 9.53 Å². The van der Waals surface area contributed by atoms with E-state index >= 15 is 0 Å². The molecule has 2 amide bonds. The summed E-state index contributed by atoms with van der Waals surface area (Å²) >= 11 is 0. The molecule has 0 spiro atoms. The van der Waals surface area contributed by atoms with Crippen molar-refractivity contribution in [2.45, 2.75) is 39.7 Å². The van der Waals surface area contributed by atoms with Crippen LogP contribution in [0.5, 0.6) is 0 Å². The first-order valence-electron chi connectivity index (χ1n) is 7.43. The molecule has 0 aromatic carbocycles. The van der Waals surface area contributed by atoms with Gasteiger partial charge in [-0.3, -0.25) is 4.79 Å². The molecule has 1 unspecified atom stereocenters. The molecule has 6 nitrogen and oxygen atoms in total. The van der Waals surface area contributed by atoms with Crippen LogP contribution in [0.3, 0.4) is 0 Å². The molecule has 0 bridgehead atoms. The Morgan fingerprint density at radius 3 is 2.20 bits per heavy atom. The van der Waals surface area contributed by atoms with E-state index in [9.17, 15) is 9.59 Å². The van der Waals surface area contributed by atoms with E-state index in [2.05, 4.69) is 6.92 Å². The van der Waals surface area contributed by atoms with Gasteiger partial charge in [0.2, 0.25) is 5.91 Å². The topological polar surface area (TPSA) is 75.9 Å². The number of carbonyl (C=O) groups is 2. The van der Waals surface area contributed by atoms with Crippen molar-refractivity contribution in [2.75, 3.05) is 32.8 Å². The molecular weight excluding hydrogens is 258 g/mol. The van der Waals surface area contributed by atoms with E-state index in [1.807, 2.05) is 13.8 Å². The van der Waals surface area contributed by atoms with Gasteiger partial charge in [0.05, 0.1) is 12.6 Å². The van der Waals surface area contributed by atoms with Crippen molar-refractivity contribution in [2.24, 2.45) is 11.7 Å². The van der Waals surface area contributed by atoms with Gasteiger partial charge in [0.15, 0.2) is 0 Å². The molecule has 1 heterocycles. The molecule has 0 aliphatic carbocycles. The van der Waals surface area contributed by atoms with Crippen LogP contribution in [0.25, 0.3) is 0 Å². The number of nitrogens with two attached hydrogens (primary N) is 1. The Labute approximate surface area is 121 Å². The van der Waals surface area contributed by atoms with Crippen molar-refractivity contribution < 1.29 is 14.3 Å². The van der Waals surface area contributed by atoms with E-state index in [0.29, 0.717) is 32.8 Å². The minimum Gasteiger partial charge on any atom is -0.449 e. The van der Waals surface area contributed by atoms with Gasteiger partial charge in [-0.2, -0.15) is 0 Å². The number of hydrogen-bond acceptors (Lipinski definition) is 4. The SMILES string of the molecule is CCCCOC(=O)N1CCN(C(=O)C(N)C(C)C)CC1. The predicted molar refractivity (Wildman–Crippen MR) is 77.2 cm³/mol. The number of piperazine rings is 1. The zero-order chi connectivity index (χ0) is 15.1. The van der Waals surface area contributed by atoms with E-state index in [-0.39, 0.29) is 17.9 Å². The lowest BCUT2D eigenvalue weighted by molar-refractivity contribution is -0.135. The van der Waals surface area contributed by atoms with Crippen molar-refractivity contribution >= 4 is 12.0 Å². The third-order valence-corrected chi connectivity index (χ3v) is 3.58. The molecule has 0 saturated carbocycles. The minimum atomic E-state index is -0.460. The smallest absolute Gasteiger partial charge is 0.409 e. The van der Waals surface area contributed by atoms with E-state index in [1.165, 1.54) is 0 Å². The molecule has 0 aromatic heterocycles. The monoisotopic (exact) mass is 285 g/mol. The van der Waals surface area contributed by atoms with Crippen LogP contribution in [0.15, 0.2) is 0 Å². The Bertz CT molecular complexity index is 326. The molecule has 1 fully saturated rings. The Morgan fingerprint density at radius 2 is 1.70 bits per heavy atom. The fourth-order valence-corrected chi connectivity index (χ4v) is 2.00. The van der Waals surface area contributed by atoms with E-state index in [1.54, 1.807) is 9.80 Å². The van der Waals surface area contributed by atoms with Crippen molar-refractivity contribution in [3.63, 3.8) is 0 Å². The average molecular weight is 285 g/mol. The second kappa shape index (κ2) is 8.09. The van der Waals surface area contributed by atoms with Crippen molar-refractivity contribution in [3.05, 3.63) is 0 Å². The van der Waals surface area contributed by atoms with Crippen molar-refractivity contribution in [1.29, 1.82) is 0 Å². The highest BCUT2D eigenvalue weighted by Gasteiger charge is 2.28. The molecular formula is C14H27N3O3. The highest BCUT2D eigenvalue weighted by atomic mass is 16.6. The molecule has 1 atom stereocenters. The molecule has 0 aromatic rings. The fourth-order valence-electron chi connectivity index (χ4n) is 2.00. The standard InChI is InChI=1S/C14H27N3O3/c1-4-5-10-20-14(19)17-8-6-16(7-9-17)13(18)12(15)11(2)3/h11-12H,4-10,15H2,1-3H3. The summed E-state index contributed by atoms with van der Waals surface area (Å²) in [7, 11) is 0. The quantitative estimate of drug-likeness (QED) is 0.766. The van der Waals surface area contributed by atoms with Crippen LogP contribution in [0.2, 0.25) is 0 Å². The van der Waals surface area contributed by atoms with Gasteiger partial charge in [-0.25, -0.2) is 4.79 Å². The summed E-state index contributed by atoms with van der Waals surface area (Å²) in [4.78, 5) is 27.3. The third kappa shape index (κ3) is 4.67. The van der Waals surface area contributed by atoms with Gasteiger partial charge in [-0.15, -0.1) is 0 Å². The molecule has 0 radical (unpaired) electrons. The van der Waals surface area contributed by atoms with Gasteiger partial charge in [0.1, 0.15) is 0 Å². The van der Waals surface area contributed by atoms with Crippen LogP contribution in [0.4, 0.5) is 4.79 Å². The van der Waals surface area contributed by atoms with Gasteiger partial charge < -0.3 is 20.3 Å². The molecule has 2 N–H and O–H groups in total. The zero-order valence-corrected chi connectivity index (χ0v) is 12.8. The number of amides is 2. The molecule has 1 aliphatic heterocycles. The predicted octanol–water partition coefficient (Wildman–Crippen LogP) is 1.05. The van der Waals surface area contributed by atoms with Gasteiger partial charge in [0.25, 0.3) is 0 Å². The summed E-state index contributed by atoms with van der Waals surface area (Å²) in [6, 6.07) is -0.460. The Morgan fingerprint density at radius 1 is 1.15 bits per heavy atom. The van der Waals surface area contributed by atoms with Crippen LogP contribution < -0.4 is 5.73 Å². The van der Waals surface area contributed by atoms with Gasteiger partial charge in [-0.05, 0) is 12.3 Å². The summed E-state index contributed by atoms with van der Waals surface area (Å²) in [6.07, 6.45) is 1.61. The van der Waals surface area contributed by atoms with Crippen LogP contribution in [0, 0.1) is 5.92 Å². The lowest BCUT2D eigenvalue weighted by atomic mass is 10.0. The summed E-state index contributed by atoms with van der Waals surface area (Å²) in [6.45, 7) is 8.48. The molecule has 1 aliphatic rings. The Kier molecular flexibility index (Phi) is 6.78. The normalized spacial score (nSPS) is 17.2. The molecule has 1 saturated heterocycles. The van der Waals surface area contributed by atoms with E-state index in [4.69, 9.17) is 10.5 Å². The number of carbonyl (C=O) groups excluding carboxylic acids is 2. The van der Waals surface area contributed by atoms with Crippen molar-refractivity contribution in [1.82, 2.24) is 9.80 Å². The van der Waals surface area contributed by atoms with Gasteiger partial charge >= 0.3 is 6.09 Å². The first-order valence-corrected chi connectivity index (χ1v) is 7.43. The number of unbranched alkanes of at least 4 members (excludes halogenated alkanes) is 1. The summed E-state index contributed by atoms with van der Waals surface area (Å²) < 4.78 is 5.16. The van der Waals surface area contributed by atoms with Crippen LogP contribution >= 0.6 is 0 Å². The van der Waals surface area contributed by atoms with Crippen LogP contribution in [0.1, 0.15) is 33.6 Å². The first-order chi connectivity index (χ1) is 9.47. The number of nitrogens with zero attached hydrogens (tertiary/aromatic N) is 2. The Hall–Kier alpha value is -1.30. The molecule has 1 rings (SSSR count). The lowest BCUT2D eigenvalue weighted by Gasteiger charge is -2.35. The number of rotatable bonds is 5. The van der Waals surface area contributed by atoms with Gasteiger partial charge in [-0.1, -0.05) is 27.2 Å². The average Bonchev–Trinajstić information content (AvgIpc) is 2.46.